The number of anilines is 3. The monoisotopic (exact) mass is 582 g/mol. The molecule has 0 bridgehead atoms. The zero-order valence-electron chi connectivity index (χ0n) is 24.0. The summed E-state index contributed by atoms with van der Waals surface area (Å²) < 4.78 is 41.0. The van der Waals surface area contributed by atoms with E-state index in [1.54, 1.807) is 30.7 Å². The second-order valence-corrected chi connectivity index (χ2v) is 10.8. The van der Waals surface area contributed by atoms with Gasteiger partial charge in [0.05, 0.1) is 43.4 Å². The molecule has 2 N–H and O–H groups in total. The van der Waals surface area contributed by atoms with Crippen molar-refractivity contribution in [1.29, 1.82) is 0 Å². The van der Waals surface area contributed by atoms with Crippen molar-refractivity contribution in [3.8, 4) is 5.75 Å². The number of imidazole rings is 1. The zero-order valence-corrected chi connectivity index (χ0v) is 24.0. The van der Waals surface area contributed by atoms with Gasteiger partial charge in [0, 0.05) is 26.2 Å². The fourth-order valence-electron chi connectivity index (χ4n) is 5.83. The van der Waals surface area contributed by atoms with Gasteiger partial charge < -0.3 is 25.0 Å². The SMILES string of the molecule is COc1cccc2c1nc(C(F)F)n2C1=NC(N2CCOCC2)N(c2cc(N)cnc2N(C)C2CCN(C)CC2)C=N1. The van der Waals surface area contributed by atoms with E-state index in [4.69, 9.17) is 25.2 Å². The number of fused-ring (bicyclic) bond motifs is 1. The molecule has 6 rings (SSSR count). The third-order valence-electron chi connectivity index (χ3n) is 8.16. The number of hydrogen-bond donors (Lipinski definition) is 1. The van der Waals surface area contributed by atoms with E-state index in [2.05, 4.69) is 38.8 Å². The lowest BCUT2D eigenvalue weighted by molar-refractivity contribution is 0.0201. The Hall–Kier alpha value is -3.88. The molecule has 3 aliphatic rings. The largest absolute Gasteiger partial charge is 0.494 e. The Morgan fingerprint density at radius 2 is 1.90 bits per heavy atom. The van der Waals surface area contributed by atoms with Gasteiger partial charge in [0.25, 0.3) is 6.43 Å². The minimum absolute atomic E-state index is 0.107. The molecule has 5 heterocycles. The lowest BCUT2D eigenvalue weighted by Gasteiger charge is -2.41. The van der Waals surface area contributed by atoms with Crippen molar-refractivity contribution in [3.63, 3.8) is 0 Å². The van der Waals surface area contributed by atoms with Crippen LogP contribution in [0.15, 0.2) is 40.4 Å². The van der Waals surface area contributed by atoms with Crippen molar-refractivity contribution in [3.05, 3.63) is 36.3 Å². The number of hydrogen-bond acceptors (Lipinski definition) is 11. The van der Waals surface area contributed by atoms with E-state index in [-0.39, 0.29) is 5.96 Å². The second kappa shape index (κ2) is 11.8. The summed E-state index contributed by atoms with van der Waals surface area (Å²) in [7, 11) is 5.67. The van der Waals surface area contributed by atoms with Gasteiger partial charge in [0.1, 0.15) is 17.6 Å². The first-order valence-electron chi connectivity index (χ1n) is 14.1. The fourth-order valence-corrected chi connectivity index (χ4v) is 5.83. The fraction of sp³-hybridized carbons (Fsp3) is 0.500. The van der Waals surface area contributed by atoms with Gasteiger partial charge in [-0.25, -0.2) is 28.7 Å². The number of nitrogens with zero attached hydrogens (tertiary/aromatic N) is 9. The Morgan fingerprint density at radius 3 is 2.62 bits per heavy atom. The van der Waals surface area contributed by atoms with Crippen LogP contribution in [0.5, 0.6) is 5.75 Å². The number of halogens is 2. The number of pyridine rings is 1. The molecule has 1 unspecified atom stereocenters. The first-order chi connectivity index (χ1) is 20.4. The molecule has 1 aromatic carbocycles. The van der Waals surface area contributed by atoms with Crippen LogP contribution in [-0.4, -0.2) is 110 Å². The third-order valence-corrected chi connectivity index (χ3v) is 8.16. The van der Waals surface area contributed by atoms with Gasteiger partial charge in [-0.2, -0.15) is 0 Å². The van der Waals surface area contributed by atoms with Crippen LogP contribution in [0.25, 0.3) is 11.0 Å². The highest BCUT2D eigenvalue weighted by Crippen LogP contribution is 2.35. The van der Waals surface area contributed by atoms with Crippen LogP contribution in [0.1, 0.15) is 25.1 Å². The Morgan fingerprint density at radius 1 is 1.14 bits per heavy atom. The normalized spacial score (nSPS) is 20.9. The number of ether oxygens (including phenoxy) is 2. The number of aliphatic imine (C=N–C) groups is 2. The Bertz CT molecular complexity index is 1480. The summed E-state index contributed by atoms with van der Waals surface area (Å²) in [5.74, 6) is 0.810. The number of nitrogen functional groups attached to an aromatic ring is 1. The maximum absolute atomic E-state index is 14.3. The number of morpholine rings is 1. The maximum Gasteiger partial charge on any atom is 0.296 e. The number of methoxy groups -OCH3 is 1. The molecule has 42 heavy (non-hydrogen) atoms. The topological polar surface area (TPSA) is 113 Å². The van der Waals surface area contributed by atoms with Crippen molar-refractivity contribution in [2.75, 3.05) is 76.1 Å². The molecular weight excluding hydrogens is 546 g/mol. The molecule has 1 atom stereocenters. The Labute approximate surface area is 243 Å². The Kier molecular flexibility index (Phi) is 7.92. The van der Waals surface area contributed by atoms with Crippen LogP contribution >= 0.6 is 0 Å². The van der Waals surface area contributed by atoms with Crippen molar-refractivity contribution < 1.29 is 18.3 Å². The van der Waals surface area contributed by atoms with Gasteiger partial charge in [0.15, 0.2) is 17.9 Å². The number of benzene rings is 1. The first kappa shape index (κ1) is 28.2. The molecule has 0 aliphatic carbocycles. The van der Waals surface area contributed by atoms with Crippen LogP contribution in [0, 0.1) is 0 Å². The summed E-state index contributed by atoms with van der Waals surface area (Å²) in [5.41, 5.74) is 8.26. The molecule has 12 nitrogen and oxygen atoms in total. The smallest absolute Gasteiger partial charge is 0.296 e. The molecule has 2 saturated heterocycles. The minimum atomic E-state index is -2.85. The molecule has 14 heteroatoms. The maximum atomic E-state index is 14.3. The number of likely N-dealkylation sites (tertiary alicyclic amines) is 1. The van der Waals surface area contributed by atoms with E-state index in [0.29, 0.717) is 54.8 Å². The number of rotatable bonds is 6. The van der Waals surface area contributed by atoms with E-state index in [1.807, 2.05) is 11.0 Å². The first-order valence-corrected chi connectivity index (χ1v) is 14.1. The van der Waals surface area contributed by atoms with Gasteiger partial charge in [-0.3, -0.25) is 14.4 Å². The molecule has 2 aromatic heterocycles. The van der Waals surface area contributed by atoms with Gasteiger partial charge >= 0.3 is 0 Å². The quantitative estimate of drug-likeness (QED) is 0.469. The van der Waals surface area contributed by atoms with E-state index in [9.17, 15) is 8.78 Å². The van der Waals surface area contributed by atoms with E-state index >= 15 is 0 Å². The van der Waals surface area contributed by atoms with E-state index < -0.39 is 18.5 Å². The average Bonchev–Trinajstić information content (AvgIpc) is 3.42. The lowest BCUT2D eigenvalue weighted by atomic mass is 10.0. The van der Waals surface area contributed by atoms with Crippen molar-refractivity contribution >= 4 is 40.5 Å². The average molecular weight is 583 g/mol. The molecule has 0 radical (unpaired) electrons. The summed E-state index contributed by atoms with van der Waals surface area (Å²) >= 11 is 0. The third kappa shape index (κ3) is 5.25. The highest BCUT2D eigenvalue weighted by Gasteiger charge is 2.34. The number of piperidine rings is 1. The van der Waals surface area contributed by atoms with Crippen LogP contribution < -0.4 is 20.3 Å². The summed E-state index contributed by atoms with van der Waals surface area (Å²) in [6.07, 6.45) is 1.84. The summed E-state index contributed by atoms with van der Waals surface area (Å²) in [5, 5.41) is 0. The number of alkyl halides is 2. The molecule has 2 fully saturated rings. The van der Waals surface area contributed by atoms with Gasteiger partial charge in [-0.1, -0.05) is 6.07 Å². The predicted molar refractivity (Wildman–Crippen MR) is 159 cm³/mol. The number of aromatic nitrogens is 3. The summed E-state index contributed by atoms with van der Waals surface area (Å²) in [6.45, 7) is 4.26. The number of nitrogens with two attached hydrogens (primary N) is 1. The van der Waals surface area contributed by atoms with Gasteiger partial charge in [-0.15, -0.1) is 0 Å². The molecule has 0 amide bonds. The van der Waals surface area contributed by atoms with Crippen LogP contribution in [0.2, 0.25) is 0 Å². The van der Waals surface area contributed by atoms with Gasteiger partial charge in [0.2, 0.25) is 5.96 Å². The zero-order chi connectivity index (χ0) is 29.4. The predicted octanol–water partition coefficient (Wildman–Crippen LogP) is 2.86. The van der Waals surface area contributed by atoms with Crippen LogP contribution in [0.4, 0.5) is 26.0 Å². The highest BCUT2D eigenvalue weighted by atomic mass is 19.3. The summed E-state index contributed by atoms with van der Waals surface area (Å²) in [4.78, 5) is 27.2. The highest BCUT2D eigenvalue weighted by molar-refractivity contribution is 6.02. The van der Waals surface area contributed by atoms with E-state index in [0.717, 1.165) is 37.4 Å². The molecule has 3 aromatic rings. The van der Waals surface area contributed by atoms with Crippen LogP contribution in [0.3, 0.4) is 0 Å². The van der Waals surface area contributed by atoms with Crippen molar-refractivity contribution in [2.24, 2.45) is 9.98 Å². The Balaban J connectivity index is 1.44. The standard InChI is InChI=1S/C28H36F2N10O2/c1-36-9-7-19(8-10-36)37(2)25-21(15-18(31)16-32-25)39-17-33-27(35-28(39)38-11-13-42-14-12-38)40-20-5-4-6-22(41-3)23(20)34-26(40)24(29)30/h4-6,15-17,19,24,28H,7-14,31H2,1-3H3. The van der Waals surface area contributed by atoms with Crippen molar-refractivity contribution in [2.45, 2.75) is 31.6 Å². The lowest BCUT2D eigenvalue weighted by Crippen LogP contribution is -2.54. The molecule has 224 valence electrons. The molecule has 3 aliphatic heterocycles. The second-order valence-electron chi connectivity index (χ2n) is 10.8. The van der Waals surface area contributed by atoms with Crippen molar-refractivity contribution in [1.82, 2.24) is 24.3 Å². The number of para-hydroxylation sites is 1. The molecular formula is C28H36F2N10O2. The van der Waals surface area contributed by atoms with Gasteiger partial charge in [-0.05, 0) is 51.2 Å². The molecule has 0 spiro atoms. The minimum Gasteiger partial charge on any atom is -0.494 e. The summed E-state index contributed by atoms with van der Waals surface area (Å²) in [6, 6.07) is 7.31. The molecule has 0 saturated carbocycles. The van der Waals surface area contributed by atoms with E-state index in [1.165, 1.54) is 11.7 Å². The van der Waals surface area contributed by atoms with Crippen LogP contribution in [-0.2, 0) is 4.74 Å².